The van der Waals surface area contributed by atoms with Gasteiger partial charge in [0.2, 0.25) is 0 Å². The summed E-state index contributed by atoms with van der Waals surface area (Å²) in [6.45, 7) is 0.129. The van der Waals surface area contributed by atoms with E-state index >= 15 is 0 Å². The molecule has 1 N–H and O–H groups in total. The zero-order valence-corrected chi connectivity index (χ0v) is 10.5. The zero-order valence-electron chi connectivity index (χ0n) is 10.5. The number of rotatable bonds is 4. The van der Waals surface area contributed by atoms with Gasteiger partial charge in [0.05, 0.1) is 6.61 Å². The lowest BCUT2D eigenvalue weighted by molar-refractivity contribution is -0.0321. The number of hydrogen-bond acceptors (Lipinski definition) is 2. The molecule has 0 aliphatic heterocycles. The van der Waals surface area contributed by atoms with Crippen molar-refractivity contribution >= 4 is 0 Å². The normalized spacial score (nSPS) is 20.1. The molecule has 94 valence electrons. The third kappa shape index (κ3) is 2.09. The molecule has 3 heteroatoms. The first-order valence-corrected chi connectivity index (χ1v) is 6.12. The van der Waals surface area contributed by atoms with Crippen LogP contribution in [0, 0.1) is 11.2 Å². The van der Waals surface area contributed by atoms with Gasteiger partial charge in [-0.1, -0.05) is 24.6 Å². The Morgan fingerprint density at radius 2 is 2.00 bits per heavy atom. The molecule has 0 bridgehead atoms. The third-order valence-corrected chi connectivity index (χ3v) is 3.96. The van der Waals surface area contributed by atoms with E-state index in [4.69, 9.17) is 0 Å². The van der Waals surface area contributed by atoms with Crippen molar-refractivity contribution in [1.29, 1.82) is 0 Å². The molecule has 2 nitrogen and oxygen atoms in total. The monoisotopic (exact) mass is 237 g/mol. The Hall–Kier alpha value is -0.930. The highest BCUT2D eigenvalue weighted by Crippen LogP contribution is 2.52. The lowest BCUT2D eigenvalue weighted by Crippen LogP contribution is -2.45. The van der Waals surface area contributed by atoms with Gasteiger partial charge in [-0.05, 0) is 33.0 Å². The standard InChI is InChI=1S/C14H20FNO/c1-16(2)13(14(10-17)8-5-9-14)11-6-3-4-7-12(11)15/h3-4,6-7,13,17H,5,8-10H2,1-2H3. The van der Waals surface area contributed by atoms with E-state index in [1.165, 1.54) is 6.07 Å². The van der Waals surface area contributed by atoms with Crippen LogP contribution < -0.4 is 0 Å². The van der Waals surface area contributed by atoms with E-state index in [-0.39, 0.29) is 23.9 Å². The third-order valence-electron chi connectivity index (χ3n) is 3.96. The Kier molecular flexibility index (Phi) is 3.50. The van der Waals surface area contributed by atoms with Crippen molar-refractivity contribution in [2.45, 2.75) is 25.3 Å². The van der Waals surface area contributed by atoms with Crippen molar-refractivity contribution < 1.29 is 9.50 Å². The first-order chi connectivity index (χ1) is 8.10. The summed E-state index contributed by atoms with van der Waals surface area (Å²) in [6.07, 6.45) is 3.07. The molecule has 1 aliphatic rings. The van der Waals surface area contributed by atoms with Crippen molar-refractivity contribution in [3.05, 3.63) is 35.6 Å². The summed E-state index contributed by atoms with van der Waals surface area (Å²) in [6, 6.07) is 6.85. The van der Waals surface area contributed by atoms with E-state index in [9.17, 15) is 9.50 Å². The maximum absolute atomic E-state index is 13.9. The topological polar surface area (TPSA) is 23.5 Å². The van der Waals surface area contributed by atoms with Crippen molar-refractivity contribution in [2.75, 3.05) is 20.7 Å². The predicted molar refractivity (Wildman–Crippen MR) is 66.2 cm³/mol. The SMILES string of the molecule is CN(C)C(c1ccccc1F)C1(CO)CCC1. The summed E-state index contributed by atoms with van der Waals surface area (Å²) < 4.78 is 13.9. The van der Waals surface area contributed by atoms with Gasteiger partial charge in [-0.3, -0.25) is 0 Å². The first kappa shape index (κ1) is 12.5. The van der Waals surface area contributed by atoms with E-state index in [0.29, 0.717) is 5.56 Å². The average molecular weight is 237 g/mol. The number of nitrogens with zero attached hydrogens (tertiary/aromatic N) is 1. The Morgan fingerprint density at radius 3 is 2.41 bits per heavy atom. The lowest BCUT2D eigenvalue weighted by atomic mass is 9.62. The smallest absolute Gasteiger partial charge is 0.128 e. The molecular weight excluding hydrogens is 217 g/mol. The van der Waals surface area contributed by atoms with Crippen LogP contribution in [0.1, 0.15) is 30.9 Å². The molecule has 1 saturated carbocycles. The van der Waals surface area contributed by atoms with E-state index in [1.54, 1.807) is 6.07 Å². The second-order valence-corrected chi connectivity index (χ2v) is 5.26. The maximum atomic E-state index is 13.9. The molecule has 2 rings (SSSR count). The van der Waals surface area contributed by atoms with E-state index in [1.807, 2.05) is 31.1 Å². The Bertz CT molecular complexity index is 382. The zero-order chi connectivity index (χ0) is 12.5. The fourth-order valence-electron chi connectivity index (χ4n) is 3.00. The van der Waals surface area contributed by atoms with Gasteiger partial charge in [-0.15, -0.1) is 0 Å². The molecule has 1 unspecified atom stereocenters. The fraction of sp³-hybridized carbons (Fsp3) is 0.571. The molecule has 0 radical (unpaired) electrons. The van der Waals surface area contributed by atoms with Crippen LogP contribution in [-0.4, -0.2) is 30.7 Å². The van der Waals surface area contributed by atoms with Crippen LogP contribution in [-0.2, 0) is 0 Å². The second-order valence-electron chi connectivity index (χ2n) is 5.26. The van der Waals surface area contributed by atoms with Gasteiger partial charge in [0.15, 0.2) is 0 Å². The minimum absolute atomic E-state index is 0.0394. The minimum Gasteiger partial charge on any atom is -0.396 e. The van der Waals surface area contributed by atoms with Crippen LogP contribution in [0.2, 0.25) is 0 Å². The second kappa shape index (κ2) is 4.75. The molecule has 0 saturated heterocycles. The van der Waals surface area contributed by atoms with Gasteiger partial charge in [-0.2, -0.15) is 0 Å². The highest BCUT2D eigenvalue weighted by Gasteiger charge is 2.46. The molecule has 0 aromatic heterocycles. The van der Waals surface area contributed by atoms with Crippen LogP contribution in [0.15, 0.2) is 24.3 Å². The molecule has 0 heterocycles. The number of benzene rings is 1. The molecular formula is C14H20FNO. The molecule has 0 amide bonds. The summed E-state index contributed by atoms with van der Waals surface area (Å²) in [7, 11) is 3.90. The molecule has 1 atom stereocenters. The van der Waals surface area contributed by atoms with E-state index < -0.39 is 0 Å². The Labute approximate surface area is 102 Å². The van der Waals surface area contributed by atoms with Crippen LogP contribution in [0.25, 0.3) is 0 Å². The van der Waals surface area contributed by atoms with E-state index in [2.05, 4.69) is 0 Å². The quantitative estimate of drug-likeness (QED) is 0.870. The van der Waals surface area contributed by atoms with Crippen molar-refractivity contribution in [1.82, 2.24) is 4.90 Å². The van der Waals surface area contributed by atoms with Gasteiger partial charge in [-0.25, -0.2) is 4.39 Å². The Balaban J connectivity index is 2.39. The van der Waals surface area contributed by atoms with Crippen LogP contribution in [0.5, 0.6) is 0 Å². The summed E-state index contributed by atoms with van der Waals surface area (Å²) >= 11 is 0. The molecule has 17 heavy (non-hydrogen) atoms. The molecule has 1 aromatic carbocycles. The van der Waals surface area contributed by atoms with E-state index in [0.717, 1.165) is 19.3 Å². The maximum Gasteiger partial charge on any atom is 0.128 e. The fourth-order valence-corrected chi connectivity index (χ4v) is 3.00. The molecule has 1 fully saturated rings. The average Bonchev–Trinajstić information content (AvgIpc) is 2.24. The van der Waals surface area contributed by atoms with Crippen molar-refractivity contribution in [3.63, 3.8) is 0 Å². The summed E-state index contributed by atoms with van der Waals surface area (Å²) in [5, 5.41) is 9.66. The van der Waals surface area contributed by atoms with Crippen LogP contribution in [0.3, 0.4) is 0 Å². The van der Waals surface area contributed by atoms with Gasteiger partial charge in [0.1, 0.15) is 5.82 Å². The summed E-state index contributed by atoms with van der Waals surface area (Å²) in [5.74, 6) is -0.175. The van der Waals surface area contributed by atoms with Crippen molar-refractivity contribution in [3.8, 4) is 0 Å². The lowest BCUT2D eigenvalue weighted by Gasteiger charge is -2.49. The van der Waals surface area contributed by atoms with Gasteiger partial charge in [0, 0.05) is 17.0 Å². The largest absolute Gasteiger partial charge is 0.396 e. The first-order valence-electron chi connectivity index (χ1n) is 6.12. The van der Waals surface area contributed by atoms with Gasteiger partial charge in [0.25, 0.3) is 0 Å². The van der Waals surface area contributed by atoms with Gasteiger partial charge < -0.3 is 10.0 Å². The van der Waals surface area contributed by atoms with Crippen LogP contribution >= 0.6 is 0 Å². The number of aliphatic hydroxyl groups excluding tert-OH is 1. The number of halogens is 1. The number of hydrogen-bond donors (Lipinski definition) is 1. The number of aliphatic hydroxyl groups is 1. The highest BCUT2D eigenvalue weighted by atomic mass is 19.1. The van der Waals surface area contributed by atoms with Crippen molar-refractivity contribution in [2.24, 2.45) is 5.41 Å². The van der Waals surface area contributed by atoms with Crippen LogP contribution in [0.4, 0.5) is 4.39 Å². The summed E-state index contributed by atoms with van der Waals surface area (Å²) in [5.41, 5.74) is 0.539. The molecule has 1 aliphatic carbocycles. The molecule has 1 aromatic rings. The van der Waals surface area contributed by atoms with Gasteiger partial charge >= 0.3 is 0 Å². The highest BCUT2D eigenvalue weighted by molar-refractivity contribution is 5.24. The minimum atomic E-state index is -0.175. The molecule has 0 spiro atoms. The Morgan fingerprint density at radius 1 is 1.35 bits per heavy atom. The predicted octanol–water partition coefficient (Wildman–Crippen LogP) is 2.59. The summed E-state index contributed by atoms with van der Waals surface area (Å²) in [4.78, 5) is 2.02.